The lowest BCUT2D eigenvalue weighted by molar-refractivity contribution is -0.139. The smallest absolute Gasteiger partial charge is 0.417 e. The van der Waals surface area contributed by atoms with Crippen LogP contribution < -0.4 is 5.32 Å². The van der Waals surface area contributed by atoms with E-state index in [-0.39, 0.29) is 30.2 Å². The number of carbonyl (C=O) groups is 1. The van der Waals surface area contributed by atoms with Crippen molar-refractivity contribution in [1.82, 2.24) is 5.32 Å². The Labute approximate surface area is 164 Å². The molecule has 28 heavy (non-hydrogen) atoms. The maximum atomic E-state index is 13.4. The van der Waals surface area contributed by atoms with Gasteiger partial charge in [0.15, 0.2) is 0 Å². The topological polar surface area (TPSA) is 59.9 Å². The maximum Gasteiger partial charge on any atom is 0.417 e. The number of aliphatic imine (C=N–C) groups is 1. The Hall–Kier alpha value is -2.48. The molecule has 1 aromatic rings. The van der Waals surface area contributed by atoms with Crippen LogP contribution in [0, 0.1) is 0 Å². The van der Waals surface area contributed by atoms with Crippen LogP contribution in [0.5, 0.6) is 0 Å². The molecule has 0 saturated heterocycles. The highest BCUT2D eigenvalue weighted by Crippen LogP contribution is 2.46. The van der Waals surface area contributed by atoms with Crippen LogP contribution in [0.25, 0.3) is 0 Å². The van der Waals surface area contributed by atoms with E-state index in [1.54, 1.807) is 13.8 Å². The summed E-state index contributed by atoms with van der Waals surface area (Å²) in [6.07, 6.45) is -4.63. The number of allylic oxidation sites excluding steroid dienone is 1. The average Bonchev–Trinajstić information content (AvgIpc) is 3.02. The second kappa shape index (κ2) is 7.50. The number of benzene rings is 1. The van der Waals surface area contributed by atoms with Crippen molar-refractivity contribution < 1.29 is 27.4 Å². The van der Waals surface area contributed by atoms with E-state index in [2.05, 4.69) is 10.3 Å². The molecule has 2 heterocycles. The molecule has 9 heteroatoms. The van der Waals surface area contributed by atoms with Crippen LogP contribution in [-0.2, 0) is 20.4 Å². The van der Waals surface area contributed by atoms with Crippen molar-refractivity contribution >= 4 is 23.5 Å². The van der Waals surface area contributed by atoms with Crippen LogP contribution in [0.3, 0.4) is 0 Å². The molecule has 5 nitrogen and oxygen atoms in total. The Morgan fingerprint density at radius 2 is 2.11 bits per heavy atom. The lowest BCUT2D eigenvalue weighted by Gasteiger charge is -2.30. The highest BCUT2D eigenvalue weighted by molar-refractivity contribution is 6.32. The van der Waals surface area contributed by atoms with E-state index in [1.165, 1.54) is 19.2 Å². The summed E-state index contributed by atoms with van der Waals surface area (Å²) in [5, 5.41) is 2.63. The SMILES string of the molecule is CCOC(=O)C1=C(C)NC2=C(C(OC)=NC2)C1c1cccc(C(F)(F)F)c1Cl. The number of hydrogen-bond acceptors (Lipinski definition) is 5. The third kappa shape index (κ3) is 3.37. The third-order valence-electron chi connectivity index (χ3n) is 4.59. The third-order valence-corrected chi connectivity index (χ3v) is 5.01. The van der Waals surface area contributed by atoms with E-state index >= 15 is 0 Å². The van der Waals surface area contributed by atoms with E-state index in [9.17, 15) is 18.0 Å². The Kier molecular flexibility index (Phi) is 5.43. The van der Waals surface area contributed by atoms with Gasteiger partial charge in [0, 0.05) is 17.0 Å². The first-order chi connectivity index (χ1) is 13.2. The van der Waals surface area contributed by atoms with Gasteiger partial charge in [-0.1, -0.05) is 23.7 Å². The minimum atomic E-state index is -4.63. The normalized spacial score (nSPS) is 19.2. The van der Waals surface area contributed by atoms with E-state index in [0.29, 0.717) is 17.0 Å². The van der Waals surface area contributed by atoms with Crippen LogP contribution >= 0.6 is 11.6 Å². The number of halogens is 4. The van der Waals surface area contributed by atoms with Crippen molar-refractivity contribution in [2.45, 2.75) is 25.9 Å². The average molecular weight is 415 g/mol. The molecule has 0 aliphatic carbocycles. The number of nitrogens with zero attached hydrogens (tertiary/aromatic N) is 1. The summed E-state index contributed by atoms with van der Waals surface area (Å²) >= 11 is 6.18. The van der Waals surface area contributed by atoms with E-state index < -0.39 is 28.6 Å². The zero-order valence-corrected chi connectivity index (χ0v) is 16.2. The molecule has 3 rings (SSSR count). The molecule has 0 saturated carbocycles. The van der Waals surface area contributed by atoms with Gasteiger partial charge in [0.05, 0.1) is 42.3 Å². The number of esters is 1. The van der Waals surface area contributed by atoms with Gasteiger partial charge < -0.3 is 14.8 Å². The molecule has 150 valence electrons. The van der Waals surface area contributed by atoms with Crippen LogP contribution in [0.2, 0.25) is 5.02 Å². The number of methoxy groups -OCH3 is 1. The summed E-state index contributed by atoms with van der Waals surface area (Å²) in [6, 6.07) is 3.64. The van der Waals surface area contributed by atoms with Gasteiger partial charge in [-0.25, -0.2) is 9.79 Å². The lowest BCUT2D eigenvalue weighted by Crippen LogP contribution is -2.31. The van der Waals surface area contributed by atoms with E-state index in [0.717, 1.165) is 6.07 Å². The highest BCUT2D eigenvalue weighted by atomic mass is 35.5. The molecule has 1 aromatic carbocycles. The van der Waals surface area contributed by atoms with Gasteiger partial charge in [-0.05, 0) is 25.5 Å². The predicted octanol–water partition coefficient (Wildman–Crippen LogP) is 4.20. The van der Waals surface area contributed by atoms with Crippen molar-refractivity contribution in [3.8, 4) is 0 Å². The first-order valence-electron chi connectivity index (χ1n) is 8.53. The van der Waals surface area contributed by atoms with Crippen molar-refractivity contribution in [1.29, 1.82) is 0 Å². The first kappa shape index (κ1) is 20.3. The van der Waals surface area contributed by atoms with Crippen molar-refractivity contribution in [2.24, 2.45) is 4.99 Å². The molecular formula is C19H18ClF3N2O3. The van der Waals surface area contributed by atoms with Crippen LogP contribution in [0.4, 0.5) is 13.2 Å². The number of alkyl halides is 3. The molecule has 0 bridgehead atoms. The molecule has 0 amide bonds. The number of hydrogen-bond donors (Lipinski definition) is 1. The monoisotopic (exact) mass is 414 g/mol. The molecule has 2 aliphatic heterocycles. The molecule has 1 unspecified atom stereocenters. The Bertz CT molecular complexity index is 919. The first-order valence-corrected chi connectivity index (χ1v) is 8.90. The number of carbonyl (C=O) groups excluding carboxylic acids is 1. The number of nitrogens with one attached hydrogen (secondary N) is 1. The second-order valence-electron chi connectivity index (χ2n) is 6.24. The largest absolute Gasteiger partial charge is 0.481 e. The Morgan fingerprint density at radius 1 is 1.39 bits per heavy atom. The molecule has 0 fully saturated rings. The van der Waals surface area contributed by atoms with Gasteiger partial charge in [0.2, 0.25) is 5.90 Å². The summed E-state index contributed by atoms with van der Waals surface area (Å²) in [5.74, 6) is -1.29. The van der Waals surface area contributed by atoms with Gasteiger partial charge in [-0.2, -0.15) is 13.2 Å². The van der Waals surface area contributed by atoms with Gasteiger partial charge in [0.25, 0.3) is 0 Å². The zero-order valence-electron chi connectivity index (χ0n) is 15.4. The van der Waals surface area contributed by atoms with Crippen molar-refractivity contribution in [2.75, 3.05) is 20.3 Å². The number of ether oxygens (including phenoxy) is 2. The molecule has 2 aliphatic rings. The quantitative estimate of drug-likeness (QED) is 0.753. The van der Waals surface area contributed by atoms with Gasteiger partial charge >= 0.3 is 12.1 Å². The van der Waals surface area contributed by atoms with Crippen LogP contribution in [-0.4, -0.2) is 32.1 Å². The zero-order chi connectivity index (χ0) is 20.6. The fraction of sp³-hybridized carbons (Fsp3) is 0.368. The standard InChI is InChI=1S/C19H18ClF3N2O3/c1-4-28-18(26)13-9(2)25-12-8-24-17(27-3)15(12)14(13)10-6-5-7-11(16(10)20)19(21,22)23/h5-7,14,25H,4,8H2,1-3H3. The van der Waals surface area contributed by atoms with Crippen LogP contribution in [0.1, 0.15) is 30.9 Å². The van der Waals surface area contributed by atoms with Crippen molar-refractivity contribution in [3.63, 3.8) is 0 Å². The lowest BCUT2D eigenvalue weighted by atomic mass is 9.80. The van der Waals surface area contributed by atoms with E-state index in [1.807, 2.05) is 0 Å². The van der Waals surface area contributed by atoms with Crippen LogP contribution in [0.15, 0.2) is 45.7 Å². The van der Waals surface area contributed by atoms with Gasteiger partial charge in [-0.3, -0.25) is 0 Å². The van der Waals surface area contributed by atoms with Gasteiger partial charge in [0.1, 0.15) is 0 Å². The highest BCUT2D eigenvalue weighted by Gasteiger charge is 2.42. The Balaban J connectivity index is 2.24. The minimum absolute atomic E-state index is 0.121. The number of rotatable bonds is 3. The summed E-state index contributed by atoms with van der Waals surface area (Å²) in [6.45, 7) is 3.70. The van der Waals surface area contributed by atoms with Gasteiger partial charge in [-0.15, -0.1) is 0 Å². The second-order valence-corrected chi connectivity index (χ2v) is 6.62. The molecule has 0 spiro atoms. The summed E-state index contributed by atoms with van der Waals surface area (Å²) < 4.78 is 50.7. The predicted molar refractivity (Wildman–Crippen MR) is 98.0 cm³/mol. The molecular weight excluding hydrogens is 397 g/mol. The van der Waals surface area contributed by atoms with Crippen molar-refractivity contribution in [3.05, 3.63) is 56.9 Å². The summed E-state index contributed by atoms with van der Waals surface area (Å²) in [5.41, 5.74) is 0.955. The molecule has 1 N–H and O–H groups in total. The Morgan fingerprint density at radius 3 is 2.71 bits per heavy atom. The molecule has 1 atom stereocenters. The van der Waals surface area contributed by atoms with E-state index in [4.69, 9.17) is 21.1 Å². The molecule has 0 radical (unpaired) electrons. The number of dihydropyridines is 1. The maximum absolute atomic E-state index is 13.4. The minimum Gasteiger partial charge on any atom is -0.481 e. The fourth-order valence-electron chi connectivity index (χ4n) is 3.47. The summed E-state index contributed by atoms with van der Waals surface area (Å²) in [7, 11) is 1.41. The summed E-state index contributed by atoms with van der Waals surface area (Å²) in [4.78, 5) is 16.9. The fourth-order valence-corrected chi connectivity index (χ4v) is 3.81. The molecule has 0 aromatic heterocycles.